The Hall–Kier alpha value is -1.64. The number of hydrogen-bond donors (Lipinski definition) is 0. The lowest BCUT2D eigenvalue weighted by atomic mass is 9.44. The molecule has 1 heterocycles. The van der Waals surface area contributed by atoms with Crippen LogP contribution < -0.4 is 0 Å². The van der Waals surface area contributed by atoms with Crippen molar-refractivity contribution in [2.24, 2.45) is 34.5 Å². The van der Waals surface area contributed by atoms with Crippen LogP contribution in [0.2, 0.25) is 0 Å². The van der Waals surface area contributed by atoms with Crippen molar-refractivity contribution in [2.45, 2.75) is 78.2 Å². The van der Waals surface area contributed by atoms with Gasteiger partial charge in [0.2, 0.25) is 0 Å². The van der Waals surface area contributed by atoms with Crippen molar-refractivity contribution in [1.29, 1.82) is 0 Å². The second-order valence-corrected chi connectivity index (χ2v) is 10.7. The van der Waals surface area contributed by atoms with E-state index in [1.54, 1.807) is 12.5 Å². The molecule has 0 N–H and O–H groups in total. The third-order valence-electron chi connectivity index (χ3n) is 9.50. The van der Waals surface area contributed by atoms with E-state index in [2.05, 4.69) is 43.2 Å². The highest BCUT2D eigenvalue weighted by molar-refractivity contribution is 5.72. The van der Waals surface area contributed by atoms with E-state index in [9.17, 15) is 4.79 Å². The van der Waals surface area contributed by atoms with E-state index in [1.165, 1.54) is 44.1 Å². The molecule has 7 atom stereocenters. The summed E-state index contributed by atoms with van der Waals surface area (Å²) in [6.45, 7) is 6.66. The standard InChI is InChI=1S/C26H35NO2/c1-17(28)29-20-10-12-25(2)19(15-20)6-7-21-23-9-8-22(18-5-4-14-27-16-18)26(23,3)13-11-24(21)25/h4-5,8,14,16,19-21,23-24H,6-7,9-13,15H2,1-3H3/t19?,20?,21?,23?,24?,25-,26+/m0/s1. The average Bonchev–Trinajstić information content (AvgIpc) is 3.06. The molecule has 0 aliphatic heterocycles. The zero-order valence-corrected chi connectivity index (χ0v) is 18.2. The Kier molecular flexibility index (Phi) is 4.64. The number of ether oxygens (including phenoxy) is 1. The maximum Gasteiger partial charge on any atom is 0.302 e. The molecule has 29 heavy (non-hydrogen) atoms. The predicted molar refractivity (Wildman–Crippen MR) is 115 cm³/mol. The van der Waals surface area contributed by atoms with Gasteiger partial charge in [-0.1, -0.05) is 26.0 Å². The third kappa shape index (κ3) is 2.99. The number of aromatic nitrogens is 1. The molecule has 5 rings (SSSR count). The normalized spacial score (nSPS) is 43.6. The zero-order chi connectivity index (χ0) is 20.2. The lowest BCUT2D eigenvalue weighted by molar-refractivity contribution is -0.158. The van der Waals surface area contributed by atoms with Gasteiger partial charge in [-0.05, 0) is 103 Å². The Morgan fingerprint density at radius 2 is 2.00 bits per heavy atom. The number of esters is 1. The largest absolute Gasteiger partial charge is 0.463 e. The number of carbonyl (C=O) groups is 1. The molecule has 3 saturated carbocycles. The summed E-state index contributed by atoms with van der Waals surface area (Å²) in [4.78, 5) is 15.9. The Morgan fingerprint density at radius 1 is 1.14 bits per heavy atom. The first kappa shape index (κ1) is 19.3. The third-order valence-corrected chi connectivity index (χ3v) is 9.50. The van der Waals surface area contributed by atoms with Crippen molar-refractivity contribution in [3.05, 3.63) is 36.2 Å². The lowest BCUT2D eigenvalue weighted by Crippen LogP contribution is -2.53. The van der Waals surface area contributed by atoms with Crippen molar-refractivity contribution in [3.63, 3.8) is 0 Å². The molecule has 0 radical (unpaired) electrons. The highest BCUT2D eigenvalue weighted by atomic mass is 16.5. The molecule has 4 aliphatic carbocycles. The van der Waals surface area contributed by atoms with Gasteiger partial charge in [0.15, 0.2) is 0 Å². The van der Waals surface area contributed by atoms with Crippen molar-refractivity contribution in [2.75, 3.05) is 0 Å². The highest BCUT2D eigenvalue weighted by Crippen LogP contribution is 2.67. The topological polar surface area (TPSA) is 39.2 Å². The van der Waals surface area contributed by atoms with E-state index >= 15 is 0 Å². The van der Waals surface area contributed by atoms with Crippen LogP contribution in [0.1, 0.15) is 77.7 Å². The van der Waals surface area contributed by atoms with Gasteiger partial charge in [0.1, 0.15) is 6.10 Å². The van der Waals surface area contributed by atoms with Crippen LogP contribution in [0, 0.1) is 34.5 Å². The van der Waals surface area contributed by atoms with Crippen LogP contribution in [0.25, 0.3) is 5.57 Å². The van der Waals surface area contributed by atoms with Gasteiger partial charge in [0.05, 0.1) is 0 Å². The molecular formula is C26H35NO2. The van der Waals surface area contributed by atoms with Crippen LogP contribution >= 0.6 is 0 Å². The quantitative estimate of drug-likeness (QED) is 0.574. The Labute approximate surface area is 175 Å². The number of fused-ring (bicyclic) bond motifs is 5. The number of rotatable bonds is 2. The molecule has 156 valence electrons. The van der Waals surface area contributed by atoms with Gasteiger partial charge in [0, 0.05) is 19.3 Å². The molecule has 0 aromatic carbocycles. The molecule has 3 fully saturated rings. The number of hydrogen-bond acceptors (Lipinski definition) is 3. The van der Waals surface area contributed by atoms with Crippen molar-refractivity contribution < 1.29 is 9.53 Å². The predicted octanol–water partition coefficient (Wildman–Crippen LogP) is 6.05. The molecule has 0 spiro atoms. The summed E-state index contributed by atoms with van der Waals surface area (Å²) in [6, 6.07) is 4.32. The maximum absolute atomic E-state index is 11.5. The summed E-state index contributed by atoms with van der Waals surface area (Å²) < 4.78 is 5.62. The van der Waals surface area contributed by atoms with Gasteiger partial charge in [-0.15, -0.1) is 0 Å². The molecule has 0 amide bonds. The number of allylic oxidation sites excluding steroid dienone is 2. The van der Waals surface area contributed by atoms with E-state index in [-0.39, 0.29) is 12.1 Å². The Balaban J connectivity index is 1.37. The number of pyridine rings is 1. The fraction of sp³-hybridized carbons (Fsp3) is 0.692. The molecule has 1 aromatic heterocycles. The van der Waals surface area contributed by atoms with Crippen molar-refractivity contribution in [1.82, 2.24) is 4.98 Å². The summed E-state index contributed by atoms with van der Waals surface area (Å²) in [5.41, 5.74) is 3.62. The van der Waals surface area contributed by atoms with E-state index < -0.39 is 0 Å². The first-order valence-electron chi connectivity index (χ1n) is 11.7. The van der Waals surface area contributed by atoms with Gasteiger partial charge in [-0.25, -0.2) is 0 Å². The van der Waals surface area contributed by atoms with E-state index in [0.29, 0.717) is 10.8 Å². The monoisotopic (exact) mass is 393 g/mol. The van der Waals surface area contributed by atoms with E-state index in [4.69, 9.17) is 4.74 Å². The van der Waals surface area contributed by atoms with Gasteiger partial charge >= 0.3 is 5.97 Å². The highest BCUT2D eigenvalue weighted by Gasteiger charge is 2.58. The van der Waals surface area contributed by atoms with Crippen molar-refractivity contribution >= 4 is 11.5 Å². The second kappa shape index (κ2) is 6.96. The molecular weight excluding hydrogens is 358 g/mol. The van der Waals surface area contributed by atoms with Gasteiger partial charge < -0.3 is 4.74 Å². The Bertz CT molecular complexity index is 817. The van der Waals surface area contributed by atoms with Crippen molar-refractivity contribution in [3.8, 4) is 0 Å². The fourth-order valence-corrected chi connectivity index (χ4v) is 8.10. The maximum atomic E-state index is 11.5. The van der Waals surface area contributed by atoms with Crippen LogP contribution in [0.5, 0.6) is 0 Å². The molecule has 0 bridgehead atoms. The van der Waals surface area contributed by atoms with Crippen LogP contribution in [0.15, 0.2) is 30.6 Å². The summed E-state index contributed by atoms with van der Waals surface area (Å²) >= 11 is 0. The smallest absolute Gasteiger partial charge is 0.302 e. The van der Waals surface area contributed by atoms with Crippen LogP contribution in [-0.4, -0.2) is 17.1 Å². The summed E-state index contributed by atoms with van der Waals surface area (Å²) in [6.07, 6.45) is 16.5. The van der Waals surface area contributed by atoms with E-state index in [0.717, 1.165) is 36.5 Å². The summed E-state index contributed by atoms with van der Waals surface area (Å²) in [7, 11) is 0. The SMILES string of the molecule is CC(=O)OC1CC[C@@]2(C)C(CCC3C2CC[C@]2(C)C(c4cccnc4)=CCC32)C1. The lowest BCUT2D eigenvalue weighted by Gasteiger charge is -2.60. The number of nitrogens with zero attached hydrogens (tertiary/aromatic N) is 1. The van der Waals surface area contributed by atoms with Gasteiger partial charge in [-0.3, -0.25) is 9.78 Å². The first-order valence-corrected chi connectivity index (χ1v) is 11.7. The minimum absolute atomic E-state index is 0.110. The first-order chi connectivity index (χ1) is 13.9. The molecule has 4 aliphatic rings. The molecule has 3 heteroatoms. The molecule has 3 nitrogen and oxygen atoms in total. The zero-order valence-electron chi connectivity index (χ0n) is 18.2. The summed E-state index contributed by atoms with van der Waals surface area (Å²) in [5, 5.41) is 0. The molecule has 5 unspecified atom stereocenters. The van der Waals surface area contributed by atoms with Crippen LogP contribution in [0.3, 0.4) is 0 Å². The number of carbonyl (C=O) groups excluding carboxylic acids is 1. The van der Waals surface area contributed by atoms with Crippen LogP contribution in [0.4, 0.5) is 0 Å². The van der Waals surface area contributed by atoms with E-state index in [1.807, 2.05) is 6.20 Å². The summed E-state index contributed by atoms with van der Waals surface area (Å²) in [5.74, 6) is 3.06. The van der Waals surface area contributed by atoms with Crippen LogP contribution in [-0.2, 0) is 9.53 Å². The Morgan fingerprint density at radius 3 is 2.76 bits per heavy atom. The minimum atomic E-state index is -0.110. The average molecular weight is 394 g/mol. The molecule has 0 saturated heterocycles. The van der Waals surface area contributed by atoms with Gasteiger partial charge in [0.25, 0.3) is 0 Å². The minimum Gasteiger partial charge on any atom is -0.463 e. The fourth-order valence-electron chi connectivity index (χ4n) is 8.10. The van der Waals surface area contributed by atoms with Gasteiger partial charge in [-0.2, -0.15) is 0 Å². The molecule has 1 aromatic rings. The second-order valence-electron chi connectivity index (χ2n) is 10.7.